The van der Waals surface area contributed by atoms with Crippen LogP contribution in [0.3, 0.4) is 0 Å². The molecule has 2 fully saturated rings. The molecule has 12 heteroatoms. The van der Waals surface area contributed by atoms with Crippen molar-refractivity contribution in [1.82, 2.24) is 10.6 Å². The molecule has 2 N–H and O–H groups in total. The predicted molar refractivity (Wildman–Crippen MR) is 125 cm³/mol. The van der Waals surface area contributed by atoms with Crippen LogP contribution in [0, 0.1) is 28.9 Å². The van der Waals surface area contributed by atoms with E-state index < -0.39 is 56.9 Å². The third-order valence-electron chi connectivity index (χ3n) is 6.22. The zero-order chi connectivity index (χ0) is 26.8. The first-order valence-corrected chi connectivity index (χ1v) is 13.5. The summed E-state index contributed by atoms with van der Waals surface area (Å²) in [6.45, 7) is 0. The summed E-state index contributed by atoms with van der Waals surface area (Å²) in [7, 11) is -3.84. The van der Waals surface area contributed by atoms with Crippen molar-refractivity contribution in [2.24, 2.45) is 5.92 Å². The number of ether oxygens (including phenoxy) is 1. The van der Waals surface area contributed by atoms with Crippen molar-refractivity contribution in [3.8, 4) is 11.8 Å². The van der Waals surface area contributed by atoms with Crippen LogP contribution >= 0.6 is 0 Å². The van der Waals surface area contributed by atoms with E-state index in [-0.39, 0.29) is 23.0 Å². The number of sulfone groups is 1. The van der Waals surface area contributed by atoms with Crippen LogP contribution in [0.5, 0.6) is 5.75 Å². The zero-order valence-corrected chi connectivity index (χ0v) is 20.4. The van der Waals surface area contributed by atoms with Gasteiger partial charge in [0.05, 0.1) is 17.6 Å². The fourth-order valence-electron chi connectivity index (χ4n) is 3.84. The maximum absolute atomic E-state index is 15.5. The highest BCUT2D eigenvalue weighted by Gasteiger charge is 2.49. The average Bonchev–Trinajstić information content (AvgIpc) is 3.76. The minimum absolute atomic E-state index is 0.0428. The molecule has 37 heavy (non-hydrogen) atoms. The molecule has 0 aromatic heterocycles. The average molecular weight is 540 g/mol. The van der Waals surface area contributed by atoms with Crippen molar-refractivity contribution < 1.29 is 35.5 Å². The second kappa shape index (κ2) is 10.3. The Labute approximate surface area is 211 Å². The lowest BCUT2D eigenvalue weighted by Gasteiger charge is -2.31. The summed E-state index contributed by atoms with van der Waals surface area (Å²) in [6.07, 6.45) is -1.95. The number of nitrogens with one attached hydrogen (secondary N) is 2. The van der Waals surface area contributed by atoms with Crippen LogP contribution in [0.2, 0.25) is 0 Å². The minimum Gasteiger partial charge on any atom is -0.431 e. The molecule has 2 aliphatic rings. The topological polar surface area (TPSA) is 108 Å². The first-order chi connectivity index (χ1) is 17.4. The number of nitrogens with zero attached hydrogens (tertiary/aromatic N) is 1. The number of amides is 1. The van der Waals surface area contributed by atoms with Crippen LogP contribution in [-0.2, 0) is 14.6 Å². The van der Waals surface area contributed by atoms with Crippen LogP contribution in [0.15, 0.2) is 48.5 Å². The summed E-state index contributed by atoms with van der Waals surface area (Å²) in [6, 6.07) is 5.96. The van der Waals surface area contributed by atoms with E-state index in [0.717, 1.165) is 61.4 Å². The van der Waals surface area contributed by atoms with Crippen molar-refractivity contribution in [3.05, 3.63) is 65.7 Å². The summed E-state index contributed by atoms with van der Waals surface area (Å²) in [5.74, 6) is -3.71. The van der Waals surface area contributed by atoms with E-state index in [9.17, 15) is 27.3 Å². The Balaban J connectivity index is 1.65. The van der Waals surface area contributed by atoms with E-state index in [2.05, 4.69) is 10.6 Å². The lowest BCUT2D eigenvalue weighted by molar-refractivity contribution is -0.202. The second-order valence-electron chi connectivity index (χ2n) is 9.53. The van der Waals surface area contributed by atoms with Gasteiger partial charge in [-0.25, -0.2) is 17.2 Å². The van der Waals surface area contributed by atoms with Gasteiger partial charge in [0.15, 0.2) is 9.84 Å². The second-order valence-corrected chi connectivity index (χ2v) is 11.7. The molecule has 2 aromatic carbocycles. The number of benzene rings is 2. The van der Waals surface area contributed by atoms with Gasteiger partial charge in [-0.05, 0) is 73.6 Å². The van der Waals surface area contributed by atoms with Gasteiger partial charge in [-0.3, -0.25) is 10.1 Å². The summed E-state index contributed by atoms with van der Waals surface area (Å²) in [4.78, 5) is 13.1. The van der Waals surface area contributed by atoms with Gasteiger partial charge in [0.1, 0.15) is 35.0 Å². The maximum atomic E-state index is 15.5. The number of carbonyl (C=O) groups excluding carboxylic acids is 1. The van der Waals surface area contributed by atoms with E-state index in [0.29, 0.717) is 12.8 Å². The molecule has 0 bridgehead atoms. The van der Waals surface area contributed by atoms with E-state index in [1.165, 1.54) is 0 Å². The van der Waals surface area contributed by atoms with E-state index in [1.54, 1.807) is 0 Å². The Morgan fingerprint density at radius 2 is 1.65 bits per heavy atom. The smallest absolute Gasteiger partial charge is 0.417 e. The van der Waals surface area contributed by atoms with Gasteiger partial charge >= 0.3 is 6.11 Å². The van der Waals surface area contributed by atoms with Gasteiger partial charge in [-0.2, -0.15) is 14.0 Å². The van der Waals surface area contributed by atoms with Crippen LogP contribution in [0.4, 0.5) is 17.6 Å². The molecule has 1 amide bonds. The van der Waals surface area contributed by atoms with Crippen LogP contribution < -0.4 is 15.4 Å². The molecule has 2 atom stereocenters. The fraction of sp³-hybridized carbons (Fsp3) is 0.440. The third kappa shape index (κ3) is 7.20. The Bertz CT molecular complexity index is 1270. The van der Waals surface area contributed by atoms with E-state index >= 15 is 8.78 Å². The molecule has 198 valence electrons. The highest BCUT2D eigenvalue weighted by Crippen LogP contribution is 2.37. The third-order valence-corrected chi connectivity index (χ3v) is 8.05. The molecule has 0 radical (unpaired) electrons. The summed E-state index contributed by atoms with van der Waals surface area (Å²) in [5, 5.41) is 14.2. The largest absolute Gasteiger partial charge is 0.431 e. The van der Waals surface area contributed by atoms with Crippen molar-refractivity contribution >= 4 is 15.7 Å². The van der Waals surface area contributed by atoms with E-state index in [4.69, 9.17) is 4.74 Å². The Morgan fingerprint density at radius 3 is 2.16 bits per heavy atom. The molecule has 4 rings (SSSR count). The number of carbonyl (C=O) groups is 1. The Hall–Kier alpha value is -3.17. The molecule has 2 saturated carbocycles. The first-order valence-electron chi connectivity index (χ1n) is 11.7. The number of hydrogen-bond donors (Lipinski definition) is 2. The van der Waals surface area contributed by atoms with Gasteiger partial charge in [0, 0.05) is 0 Å². The van der Waals surface area contributed by atoms with Crippen LogP contribution in [0.25, 0.3) is 0 Å². The normalized spacial score (nSPS) is 18.4. The summed E-state index contributed by atoms with van der Waals surface area (Å²) >= 11 is 0. The lowest BCUT2D eigenvalue weighted by Crippen LogP contribution is -2.56. The quantitative estimate of drug-likeness (QED) is 0.399. The number of alkyl halides is 2. The Morgan fingerprint density at radius 1 is 1.08 bits per heavy atom. The summed E-state index contributed by atoms with van der Waals surface area (Å²) in [5.41, 5.74) is -1.36. The lowest BCUT2D eigenvalue weighted by atomic mass is 10.0. The van der Waals surface area contributed by atoms with Crippen molar-refractivity contribution in [3.63, 3.8) is 0 Å². The molecule has 0 aliphatic heterocycles. The van der Waals surface area contributed by atoms with Crippen molar-refractivity contribution in [2.75, 3.05) is 11.5 Å². The summed E-state index contributed by atoms with van der Waals surface area (Å²) < 4.78 is 88.3. The number of rotatable bonds is 12. The fourth-order valence-corrected chi connectivity index (χ4v) is 5.78. The number of halogens is 4. The van der Waals surface area contributed by atoms with Gasteiger partial charge in [-0.15, -0.1) is 0 Å². The SMILES string of the molecule is N#CC1(NC(=O)[C@H](CS(=O)(=O)CC2CC2)N[C@@H](c2ccc(F)cc2)C(F)(F)Oc2ccc(F)cc2)CC1. The highest BCUT2D eigenvalue weighted by molar-refractivity contribution is 7.91. The standard InChI is InChI=1S/C25H25F4N3O4S/c26-18-5-3-17(4-6-18)22(25(28,29)36-20-9-7-19(27)8-10-20)31-21(14-37(34,35)13-16-1-2-16)23(33)32-24(15-30)11-12-24/h3-10,16,21-22,31H,1-2,11-14H2,(H,32,33)/t21-,22-/m0/s1. The molecule has 2 aliphatic carbocycles. The minimum atomic E-state index is -4.10. The van der Waals surface area contributed by atoms with Gasteiger partial charge in [0.2, 0.25) is 5.91 Å². The Kier molecular flexibility index (Phi) is 7.48. The van der Waals surface area contributed by atoms with Gasteiger partial charge in [0.25, 0.3) is 0 Å². The zero-order valence-electron chi connectivity index (χ0n) is 19.6. The predicted octanol–water partition coefficient (Wildman–Crippen LogP) is 3.63. The van der Waals surface area contributed by atoms with Crippen molar-refractivity contribution in [1.29, 1.82) is 5.26 Å². The van der Waals surface area contributed by atoms with Crippen LogP contribution in [0.1, 0.15) is 37.3 Å². The van der Waals surface area contributed by atoms with Gasteiger partial charge < -0.3 is 10.1 Å². The molecule has 2 aromatic rings. The molecule has 0 heterocycles. The monoisotopic (exact) mass is 539 g/mol. The van der Waals surface area contributed by atoms with E-state index in [1.807, 2.05) is 6.07 Å². The maximum Gasteiger partial charge on any atom is 0.417 e. The molecule has 0 spiro atoms. The molecule has 0 saturated heterocycles. The molecular formula is C25H25F4N3O4S. The molecular weight excluding hydrogens is 514 g/mol. The number of hydrogen-bond acceptors (Lipinski definition) is 6. The first kappa shape index (κ1) is 26.9. The molecule has 0 unspecified atom stereocenters. The van der Waals surface area contributed by atoms with Crippen molar-refractivity contribution in [2.45, 2.75) is 49.4 Å². The van der Waals surface area contributed by atoms with Crippen LogP contribution in [-0.4, -0.2) is 43.5 Å². The van der Waals surface area contributed by atoms with Gasteiger partial charge in [-0.1, -0.05) is 12.1 Å². The number of nitriles is 1. The molecule has 7 nitrogen and oxygen atoms in total. The highest BCUT2D eigenvalue weighted by atomic mass is 32.2.